The molecule has 0 saturated heterocycles. The lowest BCUT2D eigenvalue weighted by atomic mass is 10.0. The number of aliphatic imine (C=N–C) groups is 1. The molecule has 1 rings (SSSR count). The van der Waals surface area contributed by atoms with Gasteiger partial charge in [-0.05, 0) is 51.3 Å². The summed E-state index contributed by atoms with van der Waals surface area (Å²) in [5.41, 5.74) is 25.0. The maximum atomic E-state index is 13.9. The fourth-order valence-corrected chi connectivity index (χ4v) is 4.77. The highest BCUT2D eigenvalue weighted by molar-refractivity contribution is 7.78. The quantitative estimate of drug-likeness (QED) is 0.0336. The fourth-order valence-electron chi connectivity index (χ4n) is 4.63. The Morgan fingerprint density at radius 2 is 1.33 bits per heavy atom. The van der Waals surface area contributed by atoms with Crippen molar-refractivity contribution in [1.82, 2.24) is 31.1 Å². The van der Waals surface area contributed by atoms with Gasteiger partial charge in [0.15, 0.2) is 5.96 Å². The minimum atomic E-state index is -1.10. The largest absolute Gasteiger partial charge is 0.382 e. The van der Waals surface area contributed by atoms with Crippen LogP contribution < -0.4 is 44.2 Å². The van der Waals surface area contributed by atoms with E-state index in [1.165, 1.54) is 5.49 Å². The summed E-state index contributed by atoms with van der Waals surface area (Å²) in [6, 6.07) is 5.35. The van der Waals surface area contributed by atoms with E-state index in [1.807, 2.05) is 72.1 Å². The molecule has 4 atom stereocenters. The normalized spacial score (nSPS) is 12.8. The van der Waals surface area contributed by atoms with Crippen LogP contribution in [0.3, 0.4) is 0 Å². The number of carbonyl (C=O) groups is 4. The molecule has 0 radical (unpaired) electrons. The highest BCUT2D eigenvalue weighted by Gasteiger charge is 2.31. The summed E-state index contributed by atoms with van der Waals surface area (Å²) >= 11 is 5.13. The second-order valence-corrected chi connectivity index (χ2v) is 11.6. The zero-order valence-corrected chi connectivity index (χ0v) is 32.7. The summed E-state index contributed by atoms with van der Waals surface area (Å²) in [6.45, 7) is 8.74. The van der Waals surface area contributed by atoms with E-state index in [2.05, 4.69) is 26.3 Å². The van der Waals surface area contributed by atoms with Crippen LogP contribution in [0, 0.1) is 0 Å². The van der Waals surface area contributed by atoms with Crippen molar-refractivity contribution in [3.8, 4) is 0 Å². The minimum absolute atomic E-state index is 0.0395. The Morgan fingerprint density at radius 1 is 0.804 bits per heavy atom. The van der Waals surface area contributed by atoms with Crippen molar-refractivity contribution >= 4 is 47.3 Å². The van der Waals surface area contributed by atoms with Crippen molar-refractivity contribution in [2.45, 2.75) is 96.8 Å². The summed E-state index contributed by atoms with van der Waals surface area (Å²) in [6.07, 6.45) is 4.32. The van der Waals surface area contributed by atoms with Crippen LogP contribution in [0.2, 0.25) is 0 Å². The van der Waals surface area contributed by atoms with Gasteiger partial charge in [0.25, 0.3) is 0 Å². The molecule has 4 amide bonds. The Labute approximate surface area is 310 Å². The molecular weight excluding hydrogens is 671 g/mol. The number of rotatable bonds is 23. The van der Waals surface area contributed by atoms with Gasteiger partial charge >= 0.3 is 0 Å². The van der Waals surface area contributed by atoms with Gasteiger partial charge in [-0.3, -0.25) is 24.2 Å². The Bertz CT molecular complexity index is 1210. The Kier molecular flexibility index (Phi) is 28.2. The molecule has 0 aliphatic carbocycles. The molecule has 0 saturated carbocycles. The number of thiocarbonyl (C=S) groups is 1. The van der Waals surface area contributed by atoms with E-state index in [0.29, 0.717) is 44.5 Å². The first-order chi connectivity index (χ1) is 24.3. The highest BCUT2D eigenvalue weighted by atomic mass is 32.1. The van der Waals surface area contributed by atoms with E-state index in [9.17, 15) is 19.2 Å². The van der Waals surface area contributed by atoms with E-state index in [0.717, 1.165) is 5.56 Å². The number of nitrogens with one attached hydrogen (secondary N) is 4. The van der Waals surface area contributed by atoms with Crippen molar-refractivity contribution in [2.24, 2.45) is 27.9 Å². The fraction of sp³-hybridized carbons (Fsp3) is 0.600. The second-order valence-electron chi connectivity index (χ2n) is 11.4. The van der Waals surface area contributed by atoms with Gasteiger partial charge in [-0.1, -0.05) is 70.2 Å². The predicted molar refractivity (Wildman–Crippen MR) is 211 cm³/mol. The molecule has 0 bridgehead atoms. The van der Waals surface area contributed by atoms with E-state index in [4.69, 9.17) is 35.2 Å². The van der Waals surface area contributed by atoms with Crippen LogP contribution in [0.1, 0.15) is 71.8 Å². The topological polar surface area (TPSA) is 239 Å². The Morgan fingerprint density at radius 3 is 1.84 bits per heavy atom. The first-order valence-corrected chi connectivity index (χ1v) is 18.0. The van der Waals surface area contributed by atoms with Crippen molar-refractivity contribution in [3.63, 3.8) is 0 Å². The lowest BCUT2D eigenvalue weighted by Gasteiger charge is -2.28. The van der Waals surface area contributed by atoms with Crippen molar-refractivity contribution in [2.75, 3.05) is 41.3 Å². The third-order valence-electron chi connectivity index (χ3n) is 7.20. The second kappa shape index (κ2) is 29.5. The third-order valence-corrected chi connectivity index (χ3v) is 7.51. The summed E-state index contributed by atoms with van der Waals surface area (Å²) in [4.78, 5) is 60.6. The Balaban J connectivity index is 0. The number of hydrogen-bond acceptors (Lipinski definition) is 9. The number of benzene rings is 1. The molecule has 0 aliphatic rings. The zero-order valence-electron chi connectivity index (χ0n) is 31.9. The van der Waals surface area contributed by atoms with Gasteiger partial charge < -0.3 is 54.0 Å². The molecule has 0 spiro atoms. The zero-order chi connectivity index (χ0) is 39.4. The number of amides is 4. The van der Waals surface area contributed by atoms with Gasteiger partial charge in [0.1, 0.15) is 18.1 Å². The third kappa shape index (κ3) is 21.5. The molecule has 4 unspecified atom stereocenters. The van der Waals surface area contributed by atoms with Gasteiger partial charge in [0.2, 0.25) is 23.6 Å². The minimum Gasteiger partial charge on any atom is -0.382 e. The number of carbonyl (C=O) groups excluding carboxylic acids is 4. The number of nitrogens with zero attached hydrogens (tertiary/aromatic N) is 3. The molecule has 15 nitrogen and oxygen atoms in total. The number of hydrogen-bond donors (Lipinski definition) is 8. The SMILES string of the molecule is CC.CC.CNC(CCCN=C(N)N)C(=O)NC(C/C(=C/N(C)C)N(C)C=S)C(=O)NC(CCCCN)C(=O)NC(Cc1ccccc1)C(N)=O. The average Bonchev–Trinajstić information content (AvgIpc) is 3.11. The maximum Gasteiger partial charge on any atom is 0.243 e. The summed E-state index contributed by atoms with van der Waals surface area (Å²) < 4.78 is 0. The van der Waals surface area contributed by atoms with Crippen LogP contribution in [0.15, 0.2) is 47.2 Å². The monoisotopic (exact) mass is 735 g/mol. The number of unbranched alkanes of at least 4 members (excludes halogenated alkanes) is 1. The van der Waals surface area contributed by atoms with Gasteiger partial charge in [0, 0.05) is 52.4 Å². The molecule has 1 aromatic carbocycles. The first-order valence-electron chi connectivity index (χ1n) is 17.5. The number of likely N-dealkylation sites (N-methyl/N-ethyl adjacent to an activating group) is 1. The van der Waals surface area contributed by atoms with Crippen molar-refractivity contribution in [3.05, 3.63) is 47.8 Å². The summed E-state index contributed by atoms with van der Waals surface area (Å²) in [5.74, 6) is -2.34. The van der Waals surface area contributed by atoms with Crippen molar-refractivity contribution < 1.29 is 19.2 Å². The molecular formula is C35H65N11O4S. The van der Waals surface area contributed by atoms with Gasteiger partial charge in [-0.15, -0.1) is 0 Å². The first kappa shape index (κ1) is 48.8. The number of guanidine groups is 1. The van der Waals surface area contributed by atoms with E-state index in [-0.39, 0.29) is 25.2 Å². The van der Waals surface area contributed by atoms with Gasteiger partial charge in [-0.2, -0.15) is 0 Å². The molecule has 290 valence electrons. The van der Waals surface area contributed by atoms with Gasteiger partial charge in [0.05, 0.1) is 11.5 Å². The van der Waals surface area contributed by atoms with Crippen LogP contribution in [-0.4, -0.2) is 110 Å². The van der Waals surface area contributed by atoms with Crippen LogP contribution >= 0.6 is 12.2 Å². The summed E-state index contributed by atoms with van der Waals surface area (Å²) in [5, 5.41) is 11.3. The molecule has 0 aromatic heterocycles. The standard InChI is InChI=1S/C31H53N11O4S.2C2H6/c1-36-23(14-10-16-37-31(34)35)28(44)40-26(18-22(19-41(2)3)42(4)20-47)30(46)38-24(13-8-9-15-32)29(45)39-25(27(33)43)17-21-11-6-5-7-12-21;2*1-2/h5-7,11-12,19-20,23-26,36H,8-10,13-18,32H2,1-4H3,(H2,33,43)(H,38,46)(H,39,45)(H,40,44)(H4,34,35,37);2*1-2H3/b22-19-;;. The summed E-state index contributed by atoms with van der Waals surface area (Å²) in [7, 11) is 7.01. The molecule has 0 fully saturated rings. The van der Waals surface area contributed by atoms with Crippen LogP contribution in [0.25, 0.3) is 0 Å². The van der Waals surface area contributed by atoms with Crippen LogP contribution in [0.5, 0.6) is 0 Å². The lowest BCUT2D eigenvalue weighted by molar-refractivity contribution is -0.133. The number of nitrogens with two attached hydrogens (primary N) is 4. The van der Waals surface area contributed by atoms with Crippen LogP contribution in [-0.2, 0) is 25.6 Å². The predicted octanol–water partition coefficient (Wildman–Crippen LogP) is 0.674. The smallest absolute Gasteiger partial charge is 0.243 e. The average molecular weight is 736 g/mol. The molecule has 0 heterocycles. The Hall–Kier alpha value is -4.28. The molecule has 1 aromatic rings. The molecule has 12 N–H and O–H groups in total. The molecule has 0 aliphatic heterocycles. The highest BCUT2D eigenvalue weighted by Crippen LogP contribution is 2.13. The molecule has 16 heteroatoms. The number of primary amides is 1. The van der Waals surface area contributed by atoms with E-state index < -0.39 is 47.8 Å². The molecule has 51 heavy (non-hydrogen) atoms. The van der Waals surface area contributed by atoms with Crippen LogP contribution in [0.4, 0.5) is 0 Å². The van der Waals surface area contributed by atoms with Gasteiger partial charge in [-0.25, -0.2) is 0 Å². The van der Waals surface area contributed by atoms with E-state index in [1.54, 1.807) is 30.1 Å². The lowest BCUT2D eigenvalue weighted by Crippen LogP contribution is -2.58. The maximum absolute atomic E-state index is 13.9. The van der Waals surface area contributed by atoms with E-state index >= 15 is 0 Å². The van der Waals surface area contributed by atoms with Crippen molar-refractivity contribution in [1.29, 1.82) is 0 Å².